The highest BCUT2D eigenvalue weighted by atomic mass is 16.5. The lowest BCUT2D eigenvalue weighted by Gasteiger charge is -2.24. The van der Waals surface area contributed by atoms with Crippen LogP contribution in [-0.2, 0) is 4.74 Å². The Balaban J connectivity index is 3.81. The minimum absolute atomic E-state index is 0.181. The Morgan fingerprint density at radius 3 is 2.18 bits per heavy atom. The van der Waals surface area contributed by atoms with E-state index in [1.165, 1.54) is 0 Å². The molecule has 0 spiro atoms. The fraction of sp³-hybridized carbons (Fsp3) is 1.00. The molecule has 2 unspecified atom stereocenters. The zero-order chi connectivity index (χ0) is 8.85. The monoisotopic (exact) mass is 159 g/mol. The van der Waals surface area contributed by atoms with Gasteiger partial charge in [0.1, 0.15) is 0 Å². The van der Waals surface area contributed by atoms with Gasteiger partial charge >= 0.3 is 0 Å². The first-order valence-electron chi connectivity index (χ1n) is 4.41. The summed E-state index contributed by atoms with van der Waals surface area (Å²) in [6.45, 7) is 6.41. The quantitative estimate of drug-likeness (QED) is 0.663. The molecule has 0 amide bonds. The molecule has 0 aliphatic carbocycles. The predicted octanol–water partition coefficient (Wildman–Crippen LogP) is 1.78. The summed E-state index contributed by atoms with van der Waals surface area (Å²) in [4.78, 5) is 0. The van der Waals surface area contributed by atoms with Crippen LogP contribution < -0.4 is 5.73 Å². The molecule has 0 bridgehead atoms. The Morgan fingerprint density at radius 2 is 1.91 bits per heavy atom. The highest BCUT2D eigenvalue weighted by Crippen LogP contribution is 2.11. The van der Waals surface area contributed by atoms with E-state index in [1.807, 2.05) is 0 Å². The number of rotatable bonds is 5. The van der Waals surface area contributed by atoms with Crippen molar-refractivity contribution in [3.63, 3.8) is 0 Å². The van der Waals surface area contributed by atoms with E-state index in [1.54, 1.807) is 7.11 Å². The standard InChI is InChI=1S/C9H21NO/c1-5-6-8(11-4)9(10)7(2)3/h7-9H,5-6,10H2,1-4H3. The molecular weight excluding hydrogens is 138 g/mol. The van der Waals surface area contributed by atoms with E-state index in [4.69, 9.17) is 10.5 Å². The Kier molecular flexibility index (Phi) is 5.51. The summed E-state index contributed by atoms with van der Waals surface area (Å²) < 4.78 is 5.29. The van der Waals surface area contributed by atoms with Gasteiger partial charge in [0, 0.05) is 13.2 Å². The third-order valence-corrected chi connectivity index (χ3v) is 2.08. The molecular formula is C9H21NO. The second kappa shape index (κ2) is 5.56. The number of hydrogen-bond donors (Lipinski definition) is 1. The van der Waals surface area contributed by atoms with Gasteiger partial charge in [-0.3, -0.25) is 0 Å². The van der Waals surface area contributed by atoms with Crippen LogP contribution >= 0.6 is 0 Å². The van der Waals surface area contributed by atoms with Crippen molar-refractivity contribution < 1.29 is 4.74 Å². The largest absolute Gasteiger partial charge is 0.380 e. The Bertz CT molecular complexity index is 93.6. The molecule has 0 saturated heterocycles. The molecule has 11 heavy (non-hydrogen) atoms. The summed E-state index contributed by atoms with van der Waals surface area (Å²) in [5, 5.41) is 0. The van der Waals surface area contributed by atoms with Crippen molar-refractivity contribution in [2.24, 2.45) is 11.7 Å². The molecule has 0 rings (SSSR count). The molecule has 2 atom stereocenters. The van der Waals surface area contributed by atoms with Crippen LogP contribution in [-0.4, -0.2) is 19.3 Å². The van der Waals surface area contributed by atoms with E-state index >= 15 is 0 Å². The van der Waals surface area contributed by atoms with Gasteiger partial charge in [0.15, 0.2) is 0 Å². The van der Waals surface area contributed by atoms with Crippen LogP contribution in [0.5, 0.6) is 0 Å². The maximum absolute atomic E-state index is 5.93. The lowest BCUT2D eigenvalue weighted by molar-refractivity contribution is 0.0594. The van der Waals surface area contributed by atoms with E-state index < -0.39 is 0 Å². The van der Waals surface area contributed by atoms with E-state index in [0.29, 0.717) is 5.92 Å². The summed E-state index contributed by atoms with van der Waals surface area (Å²) in [5.41, 5.74) is 5.93. The van der Waals surface area contributed by atoms with Crippen molar-refractivity contribution in [2.75, 3.05) is 7.11 Å². The van der Waals surface area contributed by atoms with Gasteiger partial charge in [0.25, 0.3) is 0 Å². The summed E-state index contributed by atoms with van der Waals surface area (Å²) >= 11 is 0. The zero-order valence-electron chi connectivity index (χ0n) is 8.13. The molecule has 0 aliphatic rings. The fourth-order valence-electron chi connectivity index (χ4n) is 1.18. The first-order valence-corrected chi connectivity index (χ1v) is 4.41. The van der Waals surface area contributed by atoms with Crippen LogP contribution in [0.15, 0.2) is 0 Å². The summed E-state index contributed by atoms with van der Waals surface area (Å²) in [6.07, 6.45) is 2.44. The molecule has 2 heteroatoms. The maximum atomic E-state index is 5.93. The Hall–Kier alpha value is -0.0800. The van der Waals surface area contributed by atoms with Crippen LogP contribution in [0.1, 0.15) is 33.6 Å². The third-order valence-electron chi connectivity index (χ3n) is 2.08. The minimum atomic E-state index is 0.181. The molecule has 0 aromatic carbocycles. The number of ether oxygens (including phenoxy) is 1. The smallest absolute Gasteiger partial charge is 0.0724 e. The van der Waals surface area contributed by atoms with Crippen molar-refractivity contribution in [1.82, 2.24) is 0 Å². The molecule has 0 aromatic heterocycles. The van der Waals surface area contributed by atoms with Gasteiger partial charge in [-0.15, -0.1) is 0 Å². The van der Waals surface area contributed by atoms with Crippen molar-refractivity contribution in [3.8, 4) is 0 Å². The normalized spacial score (nSPS) is 16.9. The molecule has 2 nitrogen and oxygen atoms in total. The van der Waals surface area contributed by atoms with Crippen LogP contribution in [0, 0.1) is 5.92 Å². The van der Waals surface area contributed by atoms with Gasteiger partial charge in [-0.2, -0.15) is 0 Å². The van der Waals surface area contributed by atoms with Crippen molar-refractivity contribution in [2.45, 2.75) is 45.8 Å². The second-order valence-corrected chi connectivity index (χ2v) is 3.38. The van der Waals surface area contributed by atoms with Gasteiger partial charge in [-0.1, -0.05) is 27.2 Å². The second-order valence-electron chi connectivity index (χ2n) is 3.38. The van der Waals surface area contributed by atoms with E-state index in [2.05, 4.69) is 20.8 Å². The van der Waals surface area contributed by atoms with Crippen LogP contribution in [0.2, 0.25) is 0 Å². The SMILES string of the molecule is CCCC(OC)C(N)C(C)C. The van der Waals surface area contributed by atoms with Crippen LogP contribution in [0.25, 0.3) is 0 Å². The number of hydrogen-bond acceptors (Lipinski definition) is 2. The van der Waals surface area contributed by atoms with Crippen molar-refractivity contribution in [3.05, 3.63) is 0 Å². The lowest BCUT2D eigenvalue weighted by Crippen LogP contribution is -2.40. The molecule has 2 N–H and O–H groups in total. The van der Waals surface area contributed by atoms with Gasteiger partial charge in [0.2, 0.25) is 0 Å². The molecule has 0 radical (unpaired) electrons. The van der Waals surface area contributed by atoms with Crippen LogP contribution in [0.3, 0.4) is 0 Å². The average molecular weight is 159 g/mol. The first kappa shape index (κ1) is 10.9. The predicted molar refractivity (Wildman–Crippen MR) is 48.5 cm³/mol. The summed E-state index contributed by atoms with van der Waals surface area (Å²) in [7, 11) is 1.74. The van der Waals surface area contributed by atoms with Gasteiger partial charge in [-0.05, 0) is 12.3 Å². The highest BCUT2D eigenvalue weighted by Gasteiger charge is 2.18. The van der Waals surface area contributed by atoms with Gasteiger partial charge in [0.05, 0.1) is 6.10 Å². The Labute approximate surface area is 70.1 Å². The molecule has 0 aromatic rings. The fourth-order valence-corrected chi connectivity index (χ4v) is 1.18. The molecule has 0 heterocycles. The minimum Gasteiger partial charge on any atom is -0.380 e. The molecule has 0 saturated carbocycles. The zero-order valence-corrected chi connectivity index (χ0v) is 8.13. The molecule has 68 valence electrons. The summed E-state index contributed by atoms with van der Waals surface area (Å²) in [5.74, 6) is 0.506. The van der Waals surface area contributed by atoms with Crippen molar-refractivity contribution in [1.29, 1.82) is 0 Å². The average Bonchev–Trinajstić information content (AvgIpc) is 1.98. The van der Waals surface area contributed by atoms with E-state index in [9.17, 15) is 0 Å². The van der Waals surface area contributed by atoms with Gasteiger partial charge in [-0.25, -0.2) is 0 Å². The van der Waals surface area contributed by atoms with Crippen molar-refractivity contribution >= 4 is 0 Å². The lowest BCUT2D eigenvalue weighted by atomic mass is 9.96. The third kappa shape index (κ3) is 3.73. The topological polar surface area (TPSA) is 35.2 Å². The number of nitrogens with two attached hydrogens (primary N) is 1. The molecule has 0 aliphatic heterocycles. The number of methoxy groups -OCH3 is 1. The maximum Gasteiger partial charge on any atom is 0.0724 e. The summed E-state index contributed by atoms with van der Waals surface area (Å²) in [6, 6.07) is 0.181. The first-order chi connectivity index (χ1) is 5.13. The Morgan fingerprint density at radius 1 is 1.36 bits per heavy atom. The highest BCUT2D eigenvalue weighted by molar-refractivity contribution is 4.75. The molecule has 0 fully saturated rings. The van der Waals surface area contributed by atoms with Crippen LogP contribution in [0.4, 0.5) is 0 Å². The van der Waals surface area contributed by atoms with E-state index in [-0.39, 0.29) is 12.1 Å². The van der Waals surface area contributed by atoms with E-state index in [0.717, 1.165) is 12.8 Å². The van der Waals surface area contributed by atoms with Gasteiger partial charge < -0.3 is 10.5 Å².